The van der Waals surface area contributed by atoms with E-state index in [1.54, 1.807) is 13.4 Å². The first-order valence-corrected chi connectivity index (χ1v) is 15.8. The van der Waals surface area contributed by atoms with Crippen molar-refractivity contribution in [3.8, 4) is 0 Å². The highest BCUT2D eigenvalue weighted by molar-refractivity contribution is 6.04. The Kier molecular flexibility index (Phi) is 6.27. The molecule has 0 aromatic carbocycles. The number of furan rings is 1. The highest BCUT2D eigenvalue weighted by atomic mass is 16.5. The van der Waals surface area contributed by atoms with Gasteiger partial charge in [0.1, 0.15) is 5.76 Å². The Labute approximate surface area is 241 Å². The maximum absolute atomic E-state index is 13.9. The molecule has 1 heterocycles. The Hall–Kier alpha value is -2.10. The summed E-state index contributed by atoms with van der Waals surface area (Å²) in [5.74, 6) is 3.19. The van der Waals surface area contributed by atoms with Crippen LogP contribution in [0.15, 0.2) is 40.5 Å². The molecule has 0 aliphatic heterocycles. The molecule has 0 bridgehead atoms. The first kappa shape index (κ1) is 28.0. The van der Waals surface area contributed by atoms with Crippen LogP contribution in [0.5, 0.6) is 0 Å². The maximum atomic E-state index is 13.9. The Morgan fingerprint density at radius 3 is 2.40 bits per heavy atom. The first-order chi connectivity index (χ1) is 18.8. The van der Waals surface area contributed by atoms with Gasteiger partial charge in [-0.15, -0.1) is 0 Å². The molecule has 2 unspecified atom stereocenters. The summed E-state index contributed by atoms with van der Waals surface area (Å²) >= 11 is 0. The van der Waals surface area contributed by atoms with Crippen LogP contribution in [0.4, 0.5) is 0 Å². The number of carbonyl (C=O) groups is 2. The molecule has 9 atom stereocenters. The highest BCUT2D eigenvalue weighted by Gasteiger charge is 2.72. The van der Waals surface area contributed by atoms with Crippen molar-refractivity contribution in [3.05, 3.63) is 41.9 Å². The van der Waals surface area contributed by atoms with Crippen molar-refractivity contribution in [2.75, 3.05) is 7.11 Å². The van der Waals surface area contributed by atoms with Crippen molar-refractivity contribution in [1.29, 1.82) is 0 Å². The van der Waals surface area contributed by atoms with Crippen molar-refractivity contribution >= 4 is 17.8 Å². The summed E-state index contributed by atoms with van der Waals surface area (Å²) in [6, 6.07) is 3.85. The molecule has 0 spiro atoms. The van der Waals surface area contributed by atoms with Crippen molar-refractivity contribution in [2.24, 2.45) is 56.7 Å². The molecular weight excluding hydrogens is 496 g/mol. The minimum absolute atomic E-state index is 0.0199. The Bertz CT molecular complexity index is 1250. The van der Waals surface area contributed by atoms with Gasteiger partial charge in [-0.25, -0.2) is 0 Å². The van der Waals surface area contributed by atoms with Crippen LogP contribution in [0, 0.1) is 56.7 Å². The Morgan fingerprint density at radius 2 is 1.75 bits per heavy atom. The zero-order valence-electron chi connectivity index (χ0n) is 25.9. The number of hydrogen-bond donors (Lipinski definition) is 0. The highest BCUT2D eigenvalue weighted by Crippen LogP contribution is 2.77. The number of rotatable bonds is 3. The van der Waals surface area contributed by atoms with E-state index in [9.17, 15) is 9.59 Å². The molecule has 5 saturated carbocycles. The lowest BCUT2D eigenvalue weighted by atomic mass is 9.32. The Balaban J connectivity index is 1.42. The number of carbonyl (C=O) groups excluding carboxylic acids is 2. The third kappa shape index (κ3) is 3.43. The monoisotopic (exact) mass is 546 g/mol. The topological polar surface area (TPSA) is 56.5 Å². The molecule has 6 rings (SSSR count). The number of esters is 1. The van der Waals surface area contributed by atoms with Gasteiger partial charge >= 0.3 is 5.97 Å². The molecule has 218 valence electrons. The van der Waals surface area contributed by atoms with Crippen molar-refractivity contribution in [1.82, 2.24) is 0 Å². The van der Waals surface area contributed by atoms with Crippen LogP contribution in [0.1, 0.15) is 105 Å². The standard InChI is InChI=1S/C36H50O4/c1-22(2)25-13-16-36(31(38)39-8)18-17-34(6)26(29(25)36)11-12-28-33(5)21-23(20-24-10-9-19-40-24)30(37)32(3,4)27(33)14-15-35(28,34)7/h9-10,19-20,25-29H,1,11-18,21H2,2-8H3/b23-20-/t25-,26+,27?,28+,29?,33-,34+,35+,36-/m0/s1. The summed E-state index contributed by atoms with van der Waals surface area (Å²) in [5, 5.41) is 0. The van der Waals surface area contributed by atoms with E-state index in [2.05, 4.69) is 48.1 Å². The third-order valence-corrected chi connectivity index (χ3v) is 14.1. The SMILES string of the molecule is C=C(C)[C@@H]1CC[C@]2(C(=O)OC)CC[C@]3(C)[C@H](CC[C@@H]4[C@@]5(C)C/C(=C/c6ccco6)C(=O)C(C)(C)C5CC[C@]43C)C12. The average molecular weight is 547 g/mol. The first-order valence-electron chi connectivity index (χ1n) is 15.8. The lowest BCUT2D eigenvalue weighted by molar-refractivity contribution is -0.232. The molecule has 5 fully saturated rings. The number of ketones is 1. The summed E-state index contributed by atoms with van der Waals surface area (Å²) in [5.41, 5.74) is 1.75. The fourth-order valence-corrected chi connectivity index (χ4v) is 12.2. The molecule has 0 N–H and O–H groups in total. The van der Waals surface area contributed by atoms with Crippen LogP contribution >= 0.6 is 0 Å². The van der Waals surface area contributed by atoms with Crippen LogP contribution in [-0.2, 0) is 14.3 Å². The van der Waals surface area contributed by atoms with Gasteiger partial charge in [0.25, 0.3) is 0 Å². The smallest absolute Gasteiger partial charge is 0.312 e. The second-order valence-electron chi connectivity index (χ2n) is 15.7. The van der Waals surface area contributed by atoms with Crippen molar-refractivity contribution < 1.29 is 18.7 Å². The minimum Gasteiger partial charge on any atom is -0.469 e. The fourth-order valence-electron chi connectivity index (χ4n) is 12.2. The van der Waals surface area contributed by atoms with Gasteiger partial charge in [-0.05, 0) is 134 Å². The zero-order chi connectivity index (χ0) is 28.9. The predicted octanol–water partition coefficient (Wildman–Crippen LogP) is 8.67. The van der Waals surface area contributed by atoms with Gasteiger partial charge in [0, 0.05) is 5.41 Å². The van der Waals surface area contributed by atoms with Gasteiger partial charge in [0.2, 0.25) is 0 Å². The number of methoxy groups -OCH3 is 1. The van der Waals surface area contributed by atoms with E-state index in [1.165, 1.54) is 12.0 Å². The number of allylic oxidation sites excluding steroid dienone is 2. The van der Waals surface area contributed by atoms with Crippen molar-refractivity contribution in [3.63, 3.8) is 0 Å². The summed E-state index contributed by atoms with van der Waals surface area (Å²) < 4.78 is 11.2. The molecule has 0 saturated heterocycles. The van der Waals surface area contributed by atoms with Gasteiger partial charge in [0.15, 0.2) is 5.78 Å². The summed E-state index contributed by atoms with van der Waals surface area (Å²) in [6.45, 7) is 18.7. The largest absolute Gasteiger partial charge is 0.469 e. The minimum atomic E-state index is -0.395. The lowest BCUT2D eigenvalue weighted by Crippen LogP contribution is -2.67. The van der Waals surface area contributed by atoms with E-state index in [0.29, 0.717) is 35.4 Å². The molecule has 0 amide bonds. The third-order valence-electron chi connectivity index (χ3n) is 14.1. The lowest BCUT2D eigenvalue weighted by Gasteiger charge is -2.72. The van der Waals surface area contributed by atoms with E-state index < -0.39 is 5.41 Å². The molecule has 5 aliphatic rings. The van der Waals surface area contributed by atoms with Crippen LogP contribution in [0.25, 0.3) is 6.08 Å². The van der Waals surface area contributed by atoms with Crippen LogP contribution in [-0.4, -0.2) is 18.9 Å². The summed E-state index contributed by atoms with van der Waals surface area (Å²) in [4.78, 5) is 27.4. The molecule has 1 aromatic rings. The van der Waals surface area contributed by atoms with Gasteiger partial charge in [0.05, 0.1) is 18.8 Å². The number of hydrogen-bond acceptors (Lipinski definition) is 4. The van der Waals surface area contributed by atoms with E-state index in [0.717, 1.165) is 62.7 Å². The number of ether oxygens (including phenoxy) is 1. The van der Waals surface area contributed by atoms with Crippen molar-refractivity contribution in [2.45, 2.75) is 99.3 Å². The van der Waals surface area contributed by atoms with Gasteiger partial charge in [-0.1, -0.05) is 46.8 Å². The summed E-state index contributed by atoms with van der Waals surface area (Å²) in [6.07, 6.45) is 13.1. The van der Waals surface area contributed by atoms with E-state index in [-0.39, 0.29) is 27.6 Å². The molecule has 40 heavy (non-hydrogen) atoms. The maximum Gasteiger partial charge on any atom is 0.312 e. The predicted molar refractivity (Wildman–Crippen MR) is 158 cm³/mol. The number of fused-ring (bicyclic) bond motifs is 7. The molecule has 4 heteroatoms. The second kappa shape index (κ2) is 8.95. The molecule has 0 radical (unpaired) electrons. The van der Waals surface area contributed by atoms with Gasteiger partial charge in [-0.2, -0.15) is 0 Å². The van der Waals surface area contributed by atoms with E-state index >= 15 is 0 Å². The molecular formula is C36H50O4. The molecule has 5 aliphatic carbocycles. The van der Waals surface area contributed by atoms with Gasteiger partial charge < -0.3 is 9.15 Å². The summed E-state index contributed by atoms with van der Waals surface area (Å²) in [7, 11) is 1.58. The van der Waals surface area contributed by atoms with Gasteiger partial charge in [-0.3, -0.25) is 9.59 Å². The quantitative estimate of drug-likeness (QED) is 0.216. The zero-order valence-corrected chi connectivity index (χ0v) is 25.9. The van der Waals surface area contributed by atoms with Crippen LogP contribution in [0.3, 0.4) is 0 Å². The Morgan fingerprint density at radius 1 is 1.00 bits per heavy atom. The van der Waals surface area contributed by atoms with Crippen LogP contribution in [0.2, 0.25) is 0 Å². The fraction of sp³-hybridized carbons (Fsp3) is 0.722. The average Bonchev–Trinajstić information content (AvgIpc) is 3.55. The normalized spacial score (nSPS) is 46.6. The second-order valence-corrected chi connectivity index (χ2v) is 15.7. The van der Waals surface area contributed by atoms with Crippen LogP contribution < -0.4 is 0 Å². The molecule has 4 nitrogen and oxygen atoms in total. The van der Waals surface area contributed by atoms with E-state index in [4.69, 9.17) is 9.15 Å². The van der Waals surface area contributed by atoms with E-state index in [1.807, 2.05) is 18.2 Å². The number of Topliss-reactive ketones (excluding diaryl/α,β-unsaturated/α-hetero) is 1. The molecule has 1 aromatic heterocycles.